The van der Waals surface area contributed by atoms with E-state index in [4.69, 9.17) is 9.84 Å². The van der Waals surface area contributed by atoms with Crippen LogP contribution in [0.2, 0.25) is 0 Å². The van der Waals surface area contributed by atoms with Gasteiger partial charge in [-0.15, -0.1) is 0 Å². The first-order chi connectivity index (χ1) is 6.09. The van der Waals surface area contributed by atoms with Gasteiger partial charge in [-0.05, 0) is 27.4 Å². The van der Waals surface area contributed by atoms with Crippen molar-refractivity contribution < 1.29 is 14.9 Å². The van der Waals surface area contributed by atoms with Crippen LogP contribution in [-0.2, 0) is 4.74 Å². The molecule has 0 spiro atoms. The van der Waals surface area contributed by atoms with E-state index < -0.39 is 6.29 Å². The third kappa shape index (κ3) is 4.57. The van der Waals surface area contributed by atoms with Gasteiger partial charge in [-0.2, -0.15) is 0 Å². The van der Waals surface area contributed by atoms with Gasteiger partial charge in [-0.25, -0.2) is 0 Å². The Morgan fingerprint density at radius 3 is 2.15 bits per heavy atom. The van der Waals surface area contributed by atoms with E-state index >= 15 is 0 Å². The fourth-order valence-electron chi connectivity index (χ4n) is 1.51. The summed E-state index contributed by atoms with van der Waals surface area (Å²) in [4.78, 5) is 2.14. The minimum Gasteiger partial charge on any atom is -0.400 e. The minimum absolute atomic E-state index is 0.186. The first-order valence-corrected chi connectivity index (χ1v) is 4.54. The van der Waals surface area contributed by atoms with Crippen molar-refractivity contribution in [2.45, 2.75) is 38.2 Å². The molecule has 1 saturated heterocycles. The summed E-state index contributed by atoms with van der Waals surface area (Å²) in [5, 5.41) is 16.2. The van der Waals surface area contributed by atoms with Crippen molar-refractivity contribution in [3.63, 3.8) is 0 Å². The molecule has 2 N–H and O–H groups in total. The molecular formula is C9H21NO3. The van der Waals surface area contributed by atoms with Crippen LogP contribution in [0, 0.1) is 0 Å². The van der Waals surface area contributed by atoms with Gasteiger partial charge in [0, 0.05) is 19.6 Å². The zero-order chi connectivity index (χ0) is 10.4. The number of nitrogens with zero attached hydrogens (tertiary/aromatic N) is 1. The maximum atomic E-state index is 9.25. The Morgan fingerprint density at radius 2 is 1.77 bits per heavy atom. The maximum absolute atomic E-state index is 9.25. The van der Waals surface area contributed by atoms with E-state index in [9.17, 15) is 5.11 Å². The monoisotopic (exact) mass is 191 g/mol. The third-order valence-corrected chi connectivity index (χ3v) is 2.20. The Morgan fingerprint density at radius 1 is 1.23 bits per heavy atom. The van der Waals surface area contributed by atoms with Crippen LogP contribution < -0.4 is 0 Å². The van der Waals surface area contributed by atoms with Gasteiger partial charge in [0.1, 0.15) is 0 Å². The van der Waals surface area contributed by atoms with E-state index in [-0.39, 0.29) is 6.10 Å². The minimum atomic E-state index is -0.564. The molecule has 1 rings (SSSR count). The summed E-state index contributed by atoms with van der Waals surface area (Å²) >= 11 is 0. The molecule has 0 aliphatic carbocycles. The van der Waals surface area contributed by atoms with E-state index in [2.05, 4.69) is 4.90 Å². The summed E-state index contributed by atoms with van der Waals surface area (Å²) in [6.07, 6.45) is 1.37. The van der Waals surface area contributed by atoms with Crippen molar-refractivity contribution in [2.24, 2.45) is 0 Å². The molecule has 80 valence electrons. The van der Waals surface area contributed by atoms with Gasteiger partial charge in [0.2, 0.25) is 0 Å². The summed E-state index contributed by atoms with van der Waals surface area (Å²) in [6, 6.07) is 0.466. The number of aliphatic hydroxyl groups excluding tert-OH is 2. The third-order valence-electron chi connectivity index (χ3n) is 2.20. The van der Waals surface area contributed by atoms with E-state index in [1.54, 1.807) is 0 Å². The highest BCUT2D eigenvalue weighted by molar-refractivity contribution is 4.75. The lowest BCUT2D eigenvalue weighted by atomic mass is 10.0. The van der Waals surface area contributed by atoms with Gasteiger partial charge in [0.05, 0.1) is 6.10 Å². The molecule has 1 fully saturated rings. The van der Waals surface area contributed by atoms with E-state index in [0.717, 1.165) is 20.0 Å². The molecule has 4 nitrogen and oxygen atoms in total. The van der Waals surface area contributed by atoms with Crippen molar-refractivity contribution in [3.8, 4) is 0 Å². The average Bonchev–Trinajstić information content (AvgIpc) is 2.06. The fraction of sp³-hybridized carbons (Fsp3) is 1.00. The van der Waals surface area contributed by atoms with Crippen LogP contribution in [0.5, 0.6) is 0 Å². The zero-order valence-electron chi connectivity index (χ0n) is 8.90. The number of aliphatic hydroxyl groups is 2. The van der Waals surface area contributed by atoms with Gasteiger partial charge in [-0.1, -0.05) is 0 Å². The summed E-state index contributed by atoms with van der Waals surface area (Å²) < 4.78 is 5.20. The summed E-state index contributed by atoms with van der Waals surface area (Å²) in [5.41, 5.74) is 0. The molecule has 4 heteroatoms. The standard InChI is InChI=1S/C8H17NO2.CH4O/c1-6-4-7(9(2)3)5-8(10)11-6;1-2/h6-8,10H,4-5H2,1-3H3;2H,1H3/t6-,7+,8?;/m1./s1. The average molecular weight is 191 g/mol. The topological polar surface area (TPSA) is 52.9 Å². The second-order valence-corrected chi connectivity index (χ2v) is 3.49. The van der Waals surface area contributed by atoms with E-state index in [1.165, 1.54) is 0 Å². The SMILES string of the molecule is CO.C[C@@H]1C[C@H](N(C)C)CC(O)O1. The van der Waals surface area contributed by atoms with Crippen molar-refractivity contribution >= 4 is 0 Å². The predicted octanol–water partition coefficient (Wildman–Crippen LogP) is 0.0424. The summed E-state index contributed by atoms with van der Waals surface area (Å²) in [6.45, 7) is 2.00. The lowest BCUT2D eigenvalue weighted by molar-refractivity contribution is -0.172. The smallest absolute Gasteiger partial charge is 0.156 e. The van der Waals surface area contributed by atoms with Gasteiger partial charge >= 0.3 is 0 Å². The second kappa shape index (κ2) is 6.32. The molecule has 3 atom stereocenters. The molecule has 0 radical (unpaired) electrons. The van der Waals surface area contributed by atoms with Crippen LogP contribution in [0.1, 0.15) is 19.8 Å². The first-order valence-electron chi connectivity index (χ1n) is 4.54. The molecule has 1 heterocycles. The molecule has 0 saturated carbocycles. The van der Waals surface area contributed by atoms with E-state index in [1.807, 2.05) is 21.0 Å². The molecule has 1 unspecified atom stereocenters. The van der Waals surface area contributed by atoms with Gasteiger partial charge in [-0.3, -0.25) is 0 Å². The molecule has 0 aromatic carbocycles. The number of hydrogen-bond donors (Lipinski definition) is 2. The highest BCUT2D eigenvalue weighted by Crippen LogP contribution is 2.20. The Balaban J connectivity index is 0.000000671. The van der Waals surface area contributed by atoms with Crippen molar-refractivity contribution in [1.82, 2.24) is 4.90 Å². The molecule has 0 bridgehead atoms. The Labute approximate surface area is 80.1 Å². The Hall–Kier alpha value is -0.160. The largest absolute Gasteiger partial charge is 0.400 e. The van der Waals surface area contributed by atoms with Crippen LogP contribution in [0.25, 0.3) is 0 Å². The molecule has 0 amide bonds. The lowest BCUT2D eigenvalue weighted by Gasteiger charge is -2.34. The lowest BCUT2D eigenvalue weighted by Crippen LogP contribution is -2.41. The van der Waals surface area contributed by atoms with Crippen molar-refractivity contribution in [2.75, 3.05) is 21.2 Å². The first kappa shape index (κ1) is 12.8. The van der Waals surface area contributed by atoms with Crippen molar-refractivity contribution in [3.05, 3.63) is 0 Å². The van der Waals surface area contributed by atoms with Crippen LogP contribution in [0.4, 0.5) is 0 Å². The van der Waals surface area contributed by atoms with Crippen molar-refractivity contribution in [1.29, 1.82) is 0 Å². The second-order valence-electron chi connectivity index (χ2n) is 3.49. The van der Waals surface area contributed by atoms with Gasteiger partial charge in [0.15, 0.2) is 6.29 Å². The van der Waals surface area contributed by atoms with Crippen LogP contribution in [0.3, 0.4) is 0 Å². The summed E-state index contributed by atoms with van der Waals surface area (Å²) in [7, 11) is 5.07. The molecular weight excluding hydrogens is 170 g/mol. The highest BCUT2D eigenvalue weighted by Gasteiger charge is 2.26. The number of hydrogen-bond acceptors (Lipinski definition) is 4. The van der Waals surface area contributed by atoms with E-state index in [0.29, 0.717) is 6.04 Å². The Bertz CT molecular complexity index is 120. The zero-order valence-corrected chi connectivity index (χ0v) is 8.90. The molecule has 13 heavy (non-hydrogen) atoms. The predicted molar refractivity (Wildman–Crippen MR) is 51.4 cm³/mol. The maximum Gasteiger partial charge on any atom is 0.156 e. The van der Waals surface area contributed by atoms with Gasteiger partial charge in [0.25, 0.3) is 0 Å². The normalized spacial score (nSPS) is 33.9. The van der Waals surface area contributed by atoms with Crippen LogP contribution in [-0.4, -0.2) is 54.8 Å². The fourth-order valence-corrected chi connectivity index (χ4v) is 1.51. The number of ether oxygens (including phenoxy) is 1. The van der Waals surface area contributed by atoms with Gasteiger partial charge < -0.3 is 19.8 Å². The molecule has 1 aliphatic heterocycles. The molecule has 0 aromatic rings. The summed E-state index contributed by atoms with van der Waals surface area (Å²) in [5.74, 6) is 0. The molecule has 1 aliphatic rings. The Kier molecular flexibility index (Phi) is 6.24. The van der Waals surface area contributed by atoms with Crippen LogP contribution >= 0.6 is 0 Å². The molecule has 0 aromatic heterocycles. The highest BCUT2D eigenvalue weighted by atomic mass is 16.6. The number of rotatable bonds is 1. The quantitative estimate of drug-likeness (QED) is 0.614. The van der Waals surface area contributed by atoms with Crippen LogP contribution in [0.15, 0.2) is 0 Å².